The molecular weight excluding hydrogens is 248 g/mol. The average Bonchev–Trinajstić information content (AvgIpc) is 2.10. The Kier molecular flexibility index (Phi) is 3.86. The van der Waals surface area contributed by atoms with E-state index >= 15 is 0 Å². The lowest BCUT2D eigenvalue weighted by atomic mass is 10.1. The highest BCUT2D eigenvalue weighted by molar-refractivity contribution is 8.13. The number of hydrogen-bond donors (Lipinski definition) is 0. The van der Waals surface area contributed by atoms with Crippen molar-refractivity contribution in [3.63, 3.8) is 0 Å². The molecule has 0 aliphatic carbocycles. The largest absolute Gasteiger partial charge is 0.491 e. The Bertz CT molecular complexity index is 492. The highest BCUT2D eigenvalue weighted by Gasteiger charge is 2.17. The summed E-state index contributed by atoms with van der Waals surface area (Å²) in [6, 6.07) is 3.11. The number of rotatable bonds is 3. The molecule has 1 aromatic rings. The minimum Gasteiger partial charge on any atom is -0.491 e. The van der Waals surface area contributed by atoms with E-state index in [4.69, 9.17) is 15.4 Å². The van der Waals surface area contributed by atoms with Crippen molar-refractivity contribution < 1.29 is 13.2 Å². The maximum atomic E-state index is 11.3. The molecule has 1 aromatic carbocycles. The van der Waals surface area contributed by atoms with Gasteiger partial charge in [0.2, 0.25) is 0 Å². The van der Waals surface area contributed by atoms with E-state index < -0.39 is 9.05 Å². The molecule has 0 aliphatic rings. The van der Waals surface area contributed by atoms with Gasteiger partial charge in [-0.1, -0.05) is 0 Å². The third-order valence-electron chi connectivity index (χ3n) is 2.31. The van der Waals surface area contributed by atoms with Crippen molar-refractivity contribution in [3.05, 3.63) is 23.3 Å². The normalized spacial score (nSPS) is 11.9. The van der Waals surface area contributed by atoms with Crippen LogP contribution in [0.3, 0.4) is 0 Å². The second kappa shape index (κ2) is 4.63. The first-order valence-corrected chi connectivity index (χ1v) is 7.26. The summed E-state index contributed by atoms with van der Waals surface area (Å²) >= 11 is 0. The summed E-state index contributed by atoms with van der Waals surface area (Å²) in [6.45, 7) is 7.37. The molecule has 0 saturated heterocycles. The van der Waals surface area contributed by atoms with Crippen LogP contribution in [-0.4, -0.2) is 14.5 Å². The zero-order chi connectivity index (χ0) is 12.5. The molecule has 0 radical (unpaired) electrons. The van der Waals surface area contributed by atoms with Crippen molar-refractivity contribution in [2.45, 2.75) is 38.7 Å². The van der Waals surface area contributed by atoms with Crippen molar-refractivity contribution >= 4 is 19.7 Å². The predicted octanol–water partition coefficient (Wildman–Crippen LogP) is 3.02. The lowest BCUT2D eigenvalue weighted by Gasteiger charge is -2.15. The van der Waals surface area contributed by atoms with Crippen LogP contribution in [0, 0.1) is 13.8 Å². The lowest BCUT2D eigenvalue weighted by Crippen LogP contribution is -2.08. The summed E-state index contributed by atoms with van der Waals surface area (Å²) in [6.07, 6.45) is 0.0524. The molecule has 1 rings (SSSR count). The van der Waals surface area contributed by atoms with Crippen LogP contribution >= 0.6 is 10.7 Å². The van der Waals surface area contributed by atoms with Gasteiger partial charge in [-0.25, -0.2) is 8.42 Å². The van der Waals surface area contributed by atoms with Gasteiger partial charge in [-0.15, -0.1) is 0 Å². The minimum atomic E-state index is -3.68. The fraction of sp³-hybridized carbons (Fsp3) is 0.455. The Balaban J connectivity index is 3.29. The van der Waals surface area contributed by atoms with Gasteiger partial charge >= 0.3 is 0 Å². The Labute approximate surface area is 101 Å². The first-order valence-electron chi connectivity index (χ1n) is 4.95. The van der Waals surface area contributed by atoms with Gasteiger partial charge in [-0.05, 0) is 51.0 Å². The molecule has 0 saturated carbocycles. The van der Waals surface area contributed by atoms with Gasteiger partial charge in [0.05, 0.1) is 11.0 Å². The molecule has 0 N–H and O–H groups in total. The van der Waals surface area contributed by atoms with Crippen LogP contribution in [0.1, 0.15) is 25.0 Å². The first kappa shape index (κ1) is 13.3. The maximum Gasteiger partial charge on any atom is 0.261 e. The summed E-state index contributed by atoms with van der Waals surface area (Å²) in [4.78, 5) is 0.141. The van der Waals surface area contributed by atoms with Crippen LogP contribution in [-0.2, 0) is 9.05 Å². The lowest BCUT2D eigenvalue weighted by molar-refractivity contribution is 0.240. The van der Waals surface area contributed by atoms with Crippen LogP contribution in [0.15, 0.2) is 17.0 Å². The SMILES string of the molecule is Cc1c(OC(C)C)ccc(S(=O)(=O)Cl)c1C. The third-order valence-corrected chi connectivity index (χ3v) is 3.78. The number of benzene rings is 1. The Morgan fingerprint density at radius 3 is 2.19 bits per heavy atom. The first-order chi connectivity index (χ1) is 7.23. The molecule has 0 fully saturated rings. The van der Waals surface area contributed by atoms with Crippen LogP contribution in [0.5, 0.6) is 5.75 Å². The monoisotopic (exact) mass is 262 g/mol. The summed E-state index contributed by atoms with van der Waals surface area (Å²) < 4.78 is 28.1. The van der Waals surface area contributed by atoms with Gasteiger partial charge in [-0.3, -0.25) is 0 Å². The van der Waals surface area contributed by atoms with E-state index in [0.717, 1.165) is 5.56 Å². The Morgan fingerprint density at radius 2 is 1.75 bits per heavy atom. The molecule has 0 spiro atoms. The number of ether oxygens (including phenoxy) is 1. The van der Waals surface area contributed by atoms with Gasteiger partial charge in [-0.2, -0.15) is 0 Å². The molecule has 3 nitrogen and oxygen atoms in total. The van der Waals surface area contributed by atoms with Crippen molar-refractivity contribution in [2.75, 3.05) is 0 Å². The zero-order valence-corrected chi connectivity index (χ0v) is 11.3. The second-order valence-electron chi connectivity index (χ2n) is 3.92. The standard InChI is InChI=1S/C11H15ClO3S/c1-7(2)15-10-5-6-11(16(12,13)14)9(4)8(10)3/h5-7H,1-4H3. The van der Waals surface area contributed by atoms with E-state index in [-0.39, 0.29) is 11.0 Å². The van der Waals surface area contributed by atoms with E-state index in [1.165, 1.54) is 6.07 Å². The van der Waals surface area contributed by atoms with Crippen LogP contribution in [0.2, 0.25) is 0 Å². The van der Waals surface area contributed by atoms with E-state index in [1.54, 1.807) is 13.0 Å². The van der Waals surface area contributed by atoms with E-state index in [1.807, 2.05) is 20.8 Å². The second-order valence-corrected chi connectivity index (χ2v) is 6.45. The highest BCUT2D eigenvalue weighted by Crippen LogP contribution is 2.29. The maximum absolute atomic E-state index is 11.3. The van der Waals surface area contributed by atoms with E-state index in [0.29, 0.717) is 11.3 Å². The average molecular weight is 263 g/mol. The zero-order valence-electron chi connectivity index (χ0n) is 9.74. The molecule has 0 atom stereocenters. The molecule has 5 heteroatoms. The van der Waals surface area contributed by atoms with Crippen molar-refractivity contribution in [1.29, 1.82) is 0 Å². The van der Waals surface area contributed by atoms with Crippen LogP contribution in [0.4, 0.5) is 0 Å². The molecule has 0 heterocycles. The summed E-state index contributed by atoms with van der Waals surface area (Å²) in [7, 11) is 1.64. The summed E-state index contributed by atoms with van der Waals surface area (Å²) in [5, 5.41) is 0. The number of hydrogen-bond acceptors (Lipinski definition) is 3. The smallest absolute Gasteiger partial charge is 0.261 e. The molecule has 0 aromatic heterocycles. The van der Waals surface area contributed by atoms with Gasteiger partial charge in [0, 0.05) is 10.7 Å². The molecule has 0 amide bonds. The summed E-state index contributed by atoms with van der Waals surface area (Å²) in [5.74, 6) is 0.691. The van der Waals surface area contributed by atoms with Crippen LogP contribution < -0.4 is 4.74 Å². The molecule has 0 bridgehead atoms. The molecule has 0 aliphatic heterocycles. The van der Waals surface area contributed by atoms with Crippen LogP contribution in [0.25, 0.3) is 0 Å². The minimum absolute atomic E-state index is 0.0524. The van der Waals surface area contributed by atoms with Gasteiger partial charge < -0.3 is 4.74 Å². The molecule has 0 unspecified atom stereocenters. The van der Waals surface area contributed by atoms with E-state index in [2.05, 4.69) is 0 Å². The quantitative estimate of drug-likeness (QED) is 0.787. The number of halogens is 1. The fourth-order valence-corrected chi connectivity index (χ4v) is 2.67. The highest BCUT2D eigenvalue weighted by atomic mass is 35.7. The van der Waals surface area contributed by atoms with Crippen molar-refractivity contribution in [2.24, 2.45) is 0 Å². The van der Waals surface area contributed by atoms with Gasteiger partial charge in [0.1, 0.15) is 5.75 Å². The third kappa shape index (κ3) is 2.89. The molecular formula is C11H15ClO3S. The van der Waals surface area contributed by atoms with Crippen molar-refractivity contribution in [3.8, 4) is 5.75 Å². The molecule has 90 valence electrons. The fourth-order valence-electron chi connectivity index (χ4n) is 1.42. The predicted molar refractivity (Wildman–Crippen MR) is 64.7 cm³/mol. The topological polar surface area (TPSA) is 43.4 Å². The van der Waals surface area contributed by atoms with Gasteiger partial charge in [0.25, 0.3) is 9.05 Å². The Morgan fingerprint density at radius 1 is 1.19 bits per heavy atom. The van der Waals surface area contributed by atoms with Crippen molar-refractivity contribution in [1.82, 2.24) is 0 Å². The molecule has 16 heavy (non-hydrogen) atoms. The van der Waals surface area contributed by atoms with E-state index in [9.17, 15) is 8.42 Å². The summed E-state index contributed by atoms with van der Waals surface area (Å²) in [5.41, 5.74) is 1.43. The van der Waals surface area contributed by atoms with Gasteiger partial charge in [0.15, 0.2) is 0 Å². The Hall–Kier alpha value is -0.740.